The van der Waals surface area contributed by atoms with E-state index in [2.05, 4.69) is 52.4 Å². The first-order chi connectivity index (χ1) is 8.79. The Morgan fingerprint density at radius 3 is 2.83 bits per heavy atom. The van der Waals surface area contributed by atoms with Crippen LogP contribution in [0.5, 0.6) is 0 Å². The zero-order valence-electron chi connectivity index (χ0n) is 10.7. The lowest BCUT2D eigenvalue weighted by molar-refractivity contribution is 0.179. The van der Waals surface area contributed by atoms with E-state index in [4.69, 9.17) is 4.74 Å². The Labute approximate surface area is 122 Å². The van der Waals surface area contributed by atoms with Crippen molar-refractivity contribution in [1.29, 1.82) is 0 Å². The van der Waals surface area contributed by atoms with Gasteiger partial charge in [0.2, 0.25) is 0 Å². The van der Waals surface area contributed by atoms with Crippen LogP contribution in [0.25, 0.3) is 0 Å². The van der Waals surface area contributed by atoms with Crippen LogP contribution < -0.4 is 5.32 Å². The summed E-state index contributed by atoms with van der Waals surface area (Å²) in [6, 6.07) is 9.10. The molecule has 1 saturated heterocycles. The molecule has 1 heterocycles. The maximum Gasteiger partial charge on any atom is 0.0510 e. The Balaban J connectivity index is 1.86. The molecule has 18 heavy (non-hydrogen) atoms. The van der Waals surface area contributed by atoms with Crippen LogP contribution in [0, 0.1) is 5.92 Å². The molecule has 1 aromatic rings. The molecule has 0 aliphatic carbocycles. The normalized spacial score (nSPS) is 21.1. The maximum atomic E-state index is 5.50. The lowest BCUT2D eigenvalue weighted by Crippen LogP contribution is -2.38. The first-order valence-corrected chi connectivity index (χ1v) is 8.27. The second kappa shape index (κ2) is 7.53. The highest BCUT2D eigenvalue weighted by Crippen LogP contribution is 2.25. The minimum absolute atomic E-state index is 0.561. The maximum absolute atomic E-state index is 5.50. The van der Waals surface area contributed by atoms with Crippen molar-refractivity contribution in [1.82, 2.24) is 5.32 Å². The molecule has 4 heteroatoms. The van der Waals surface area contributed by atoms with Crippen LogP contribution in [0.2, 0.25) is 0 Å². The Morgan fingerprint density at radius 2 is 2.22 bits per heavy atom. The minimum Gasteiger partial charge on any atom is -0.381 e. The van der Waals surface area contributed by atoms with E-state index in [-0.39, 0.29) is 0 Å². The fourth-order valence-corrected chi connectivity index (χ4v) is 3.57. The summed E-state index contributed by atoms with van der Waals surface area (Å²) < 4.78 is 6.63. The molecular formula is C14H20BrNOS. The van der Waals surface area contributed by atoms with Gasteiger partial charge >= 0.3 is 0 Å². The molecule has 2 atom stereocenters. The van der Waals surface area contributed by atoms with Crippen molar-refractivity contribution in [2.45, 2.75) is 24.3 Å². The average Bonchev–Trinajstić information content (AvgIpc) is 2.90. The number of benzene rings is 1. The Hall–Kier alpha value is -0.0300. The highest BCUT2D eigenvalue weighted by Gasteiger charge is 2.24. The Morgan fingerprint density at radius 1 is 1.44 bits per heavy atom. The molecule has 1 N–H and O–H groups in total. The molecule has 1 aromatic carbocycles. The lowest BCUT2D eigenvalue weighted by Gasteiger charge is -2.22. The molecule has 0 saturated carbocycles. The van der Waals surface area contributed by atoms with Crippen molar-refractivity contribution in [3.8, 4) is 0 Å². The van der Waals surface area contributed by atoms with Gasteiger partial charge in [-0.15, -0.1) is 11.8 Å². The quantitative estimate of drug-likeness (QED) is 0.806. The predicted molar refractivity (Wildman–Crippen MR) is 81.3 cm³/mol. The van der Waals surface area contributed by atoms with Gasteiger partial charge in [0.25, 0.3) is 0 Å². The zero-order chi connectivity index (χ0) is 12.8. The average molecular weight is 330 g/mol. The second-order valence-corrected chi connectivity index (χ2v) is 6.56. The van der Waals surface area contributed by atoms with Gasteiger partial charge in [-0.25, -0.2) is 0 Å². The first kappa shape index (κ1) is 14.4. The smallest absolute Gasteiger partial charge is 0.0510 e. The van der Waals surface area contributed by atoms with E-state index in [1.54, 1.807) is 0 Å². The zero-order valence-corrected chi connectivity index (χ0v) is 13.1. The van der Waals surface area contributed by atoms with Crippen LogP contribution in [0.3, 0.4) is 0 Å². The Bertz CT molecular complexity index is 351. The van der Waals surface area contributed by atoms with Crippen molar-refractivity contribution in [3.63, 3.8) is 0 Å². The fraction of sp³-hybridized carbons (Fsp3) is 0.571. The van der Waals surface area contributed by atoms with Gasteiger partial charge in [0.05, 0.1) is 6.61 Å². The summed E-state index contributed by atoms with van der Waals surface area (Å²) in [5.74, 6) is 1.79. The molecule has 2 rings (SSSR count). The number of rotatable bonds is 6. The monoisotopic (exact) mass is 329 g/mol. The van der Waals surface area contributed by atoms with Gasteiger partial charge in [-0.2, -0.15) is 0 Å². The van der Waals surface area contributed by atoms with Crippen molar-refractivity contribution >= 4 is 27.7 Å². The van der Waals surface area contributed by atoms with Gasteiger partial charge in [0.15, 0.2) is 0 Å². The van der Waals surface area contributed by atoms with Crippen LogP contribution in [0.4, 0.5) is 0 Å². The van der Waals surface area contributed by atoms with Crippen molar-refractivity contribution < 1.29 is 4.74 Å². The number of nitrogens with one attached hydrogen (secondary N) is 1. The summed E-state index contributed by atoms with van der Waals surface area (Å²) in [6.07, 6.45) is 1.19. The van der Waals surface area contributed by atoms with Gasteiger partial charge in [-0.05, 0) is 37.2 Å². The minimum atomic E-state index is 0.561. The number of ether oxygens (including phenoxy) is 1. The largest absolute Gasteiger partial charge is 0.381 e. The molecule has 0 radical (unpaired) electrons. The third-order valence-corrected chi connectivity index (χ3v) is 4.90. The topological polar surface area (TPSA) is 21.3 Å². The van der Waals surface area contributed by atoms with E-state index < -0.39 is 0 Å². The molecule has 0 aromatic heterocycles. The van der Waals surface area contributed by atoms with Crippen LogP contribution in [0.15, 0.2) is 33.6 Å². The van der Waals surface area contributed by atoms with E-state index in [0.717, 1.165) is 30.0 Å². The molecule has 1 aliphatic heterocycles. The highest BCUT2D eigenvalue weighted by molar-refractivity contribution is 9.10. The molecule has 2 nitrogen and oxygen atoms in total. The van der Waals surface area contributed by atoms with Gasteiger partial charge in [-0.3, -0.25) is 0 Å². The summed E-state index contributed by atoms with van der Waals surface area (Å²) in [6.45, 7) is 5.04. The van der Waals surface area contributed by atoms with Crippen LogP contribution in [-0.2, 0) is 4.74 Å². The molecule has 2 unspecified atom stereocenters. The predicted octanol–water partition coefficient (Wildman–Crippen LogP) is 3.56. The van der Waals surface area contributed by atoms with Crippen LogP contribution >= 0.6 is 27.7 Å². The number of hydrogen-bond acceptors (Lipinski definition) is 3. The molecule has 1 fully saturated rings. The summed E-state index contributed by atoms with van der Waals surface area (Å²) in [7, 11) is 0. The Kier molecular flexibility index (Phi) is 6.02. The van der Waals surface area contributed by atoms with Crippen molar-refractivity contribution in [2.75, 3.05) is 25.5 Å². The standard InChI is InChI=1S/C14H20BrNOS/c1-2-16-14(11-7-8-17-9-11)10-18-13-5-3-12(15)4-6-13/h3-6,11,14,16H,2,7-10H2,1H3. The van der Waals surface area contributed by atoms with Crippen LogP contribution in [-0.4, -0.2) is 31.6 Å². The molecule has 0 bridgehead atoms. The third kappa shape index (κ3) is 4.26. The summed E-state index contributed by atoms with van der Waals surface area (Å²) in [4.78, 5) is 1.33. The van der Waals surface area contributed by atoms with E-state index in [9.17, 15) is 0 Å². The van der Waals surface area contributed by atoms with E-state index in [1.807, 2.05) is 11.8 Å². The summed E-state index contributed by atoms with van der Waals surface area (Å²) in [5.41, 5.74) is 0. The third-order valence-electron chi connectivity index (χ3n) is 3.24. The second-order valence-electron chi connectivity index (χ2n) is 4.55. The van der Waals surface area contributed by atoms with Gasteiger partial charge < -0.3 is 10.1 Å². The summed E-state index contributed by atoms with van der Waals surface area (Å²) in [5, 5.41) is 3.60. The van der Waals surface area contributed by atoms with Gasteiger partial charge in [0, 0.05) is 33.7 Å². The highest BCUT2D eigenvalue weighted by atomic mass is 79.9. The van der Waals surface area contributed by atoms with Crippen LogP contribution in [0.1, 0.15) is 13.3 Å². The van der Waals surface area contributed by atoms with E-state index in [0.29, 0.717) is 12.0 Å². The first-order valence-electron chi connectivity index (χ1n) is 6.49. The molecule has 0 amide bonds. The van der Waals surface area contributed by atoms with Crippen molar-refractivity contribution in [3.05, 3.63) is 28.7 Å². The molecular weight excluding hydrogens is 310 g/mol. The van der Waals surface area contributed by atoms with Gasteiger partial charge in [0.1, 0.15) is 0 Å². The SMILES string of the molecule is CCNC(CSc1ccc(Br)cc1)C1CCOC1. The van der Waals surface area contributed by atoms with Gasteiger partial charge in [-0.1, -0.05) is 22.9 Å². The molecule has 0 spiro atoms. The molecule has 1 aliphatic rings. The fourth-order valence-electron chi connectivity index (χ4n) is 2.21. The summed E-state index contributed by atoms with van der Waals surface area (Å²) >= 11 is 5.39. The molecule has 100 valence electrons. The lowest BCUT2D eigenvalue weighted by atomic mass is 10.0. The van der Waals surface area contributed by atoms with E-state index >= 15 is 0 Å². The number of halogens is 1. The number of thioether (sulfide) groups is 1. The van der Waals surface area contributed by atoms with Crippen molar-refractivity contribution in [2.24, 2.45) is 5.92 Å². The van der Waals surface area contributed by atoms with E-state index in [1.165, 1.54) is 11.3 Å². The number of hydrogen-bond donors (Lipinski definition) is 1.